The molecule has 2 N–H and O–H groups in total. The fourth-order valence-corrected chi connectivity index (χ4v) is 9.28. The van der Waals surface area contributed by atoms with Crippen molar-refractivity contribution >= 4 is 33.8 Å². The molecule has 5 fully saturated rings. The average molecular weight is 716 g/mol. The van der Waals surface area contributed by atoms with Gasteiger partial charge in [-0.15, -0.1) is 6.42 Å². The highest BCUT2D eigenvalue weighted by molar-refractivity contribution is 5.95. The lowest BCUT2D eigenvalue weighted by Crippen LogP contribution is -2.57. The smallest absolute Gasteiger partial charge is 0.408 e. The van der Waals surface area contributed by atoms with Crippen molar-refractivity contribution in [1.29, 1.82) is 0 Å². The number of carbonyl (C=O) groups is 1. The summed E-state index contributed by atoms with van der Waals surface area (Å²) in [5, 5.41) is 21.6. The molecule has 2 aromatic carbocycles. The van der Waals surface area contributed by atoms with Crippen LogP contribution >= 0.6 is 0 Å². The van der Waals surface area contributed by atoms with Gasteiger partial charge >= 0.3 is 18.1 Å². The maximum Gasteiger partial charge on any atom is 0.408 e. The van der Waals surface area contributed by atoms with Crippen molar-refractivity contribution in [3.63, 3.8) is 0 Å². The number of carboxylic acid groups (broad SMARTS) is 1. The Kier molecular flexibility index (Phi) is 7.81. The molecule has 9 rings (SSSR count). The second-order valence-electron chi connectivity index (χ2n) is 14.8. The number of nitrogens with zero attached hydrogens (tertiary/aromatic N) is 7. The van der Waals surface area contributed by atoms with Crippen LogP contribution in [0.4, 0.5) is 19.4 Å². The number of rotatable bonds is 8. The van der Waals surface area contributed by atoms with Crippen LogP contribution < -0.4 is 14.4 Å². The minimum absolute atomic E-state index is 0.00258. The van der Waals surface area contributed by atoms with E-state index in [0.717, 1.165) is 38.6 Å². The van der Waals surface area contributed by atoms with Crippen LogP contribution in [-0.4, -0.2) is 115 Å². The lowest BCUT2D eigenvalue weighted by Gasteiger charge is -2.40. The number of fused-ring (bicyclic) bond motifs is 5. The first-order valence-corrected chi connectivity index (χ1v) is 17.9. The average Bonchev–Trinajstić information content (AvgIpc) is 3.79. The highest BCUT2D eigenvalue weighted by Crippen LogP contribution is 2.46. The second-order valence-corrected chi connectivity index (χ2v) is 14.8. The largest absolute Gasteiger partial charge is 0.508 e. The Morgan fingerprint density at radius 2 is 1.98 bits per heavy atom. The molecule has 1 saturated carbocycles. The first kappa shape index (κ1) is 32.9. The first-order chi connectivity index (χ1) is 25.2. The standard InChI is InChI=1S/C37H39F2N7O6/c1-3-25-26(39)9-8-20-12-24(47)14-29(30(20)25)52-35-41-32-31(46(35)22-6-4-7-22)33(43-17-23-13-28(50-2)27(18-43)45(23)36(48)49)42-34(40-32)51-19-37-10-5-11-44(37)16-21(38)15-37/h1,8-9,12,14,21-23,27-28,47H,4-7,10-11,13,15-19H2,2H3,(H,48,49)/t21-,23-,27-,28-,37+/m1/s1. The number of hydrogen-bond donors (Lipinski definition) is 2. The zero-order chi connectivity index (χ0) is 35.9. The maximum absolute atomic E-state index is 15.0. The number of halogens is 2. The number of aromatic hydroxyl groups is 1. The summed E-state index contributed by atoms with van der Waals surface area (Å²) in [7, 11) is 1.60. The van der Waals surface area contributed by atoms with Crippen molar-refractivity contribution in [1.82, 2.24) is 29.3 Å². The van der Waals surface area contributed by atoms with E-state index in [-0.39, 0.29) is 53.9 Å². The summed E-state index contributed by atoms with van der Waals surface area (Å²) < 4.78 is 50.2. The van der Waals surface area contributed by atoms with E-state index in [1.165, 1.54) is 29.2 Å². The number of phenols is 1. The highest BCUT2D eigenvalue weighted by Gasteiger charge is 2.51. The van der Waals surface area contributed by atoms with Crippen LogP contribution in [0.2, 0.25) is 0 Å². The van der Waals surface area contributed by atoms with Gasteiger partial charge in [-0.25, -0.2) is 13.6 Å². The molecule has 4 saturated heterocycles. The second kappa shape index (κ2) is 12.3. The van der Waals surface area contributed by atoms with E-state index in [9.17, 15) is 23.8 Å². The molecule has 0 spiro atoms. The minimum Gasteiger partial charge on any atom is -0.508 e. The van der Waals surface area contributed by atoms with E-state index in [1.54, 1.807) is 7.11 Å². The van der Waals surface area contributed by atoms with Crippen LogP contribution in [-0.2, 0) is 4.74 Å². The number of amides is 1. The molecule has 15 heteroatoms. The number of alkyl halides is 1. The van der Waals surface area contributed by atoms with Crippen LogP contribution in [0, 0.1) is 18.2 Å². The van der Waals surface area contributed by atoms with Crippen LogP contribution in [0.25, 0.3) is 21.9 Å². The van der Waals surface area contributed by atoms with Crippen molar-refractivity contribution in [3.05, 3.63) is 35.6 Å². The summed E-state index contributed by atoms with van der Waals surface area (Å²) in [5.74, 6) is 2.37. The number of aromatic nitrogens is 4. The van der Waals surface area contributed by atoms with Crippen molar-refractivity contribution in [3.8, 4) is 35.9 Å². The van der Waals surface area contributed by atoms with Gasteiger partial charge in [0.15, 0.2) is 11.5 Å². The third-order valence-electron chi connectivity index (χ3n) is 11.9. The zero-order valence-corrected chi connectivity index (χ0v) is 28.7. The number of terminal acetylenes is 1. The maximum atomic E-state index is 15.0. The highest BCUT2D eigenvalue weighted by atomic mass is 19.1. The van der Waals surface area contributed by atoms with Gasteiger partial charge < -0.3 is 29.3 Å². The first-order valence-electron chi connectivity index (χ1n) is 17.9. The van der Waals surface area contributed by atoms with Gasteiger partial charge in [0.05, 0.1) is 29.3 Å². The molecule has 2 bridgehead atoms. The zero-order valence-electron chi connectivity index (χ0n) is 28.7. The normalized spacial score (nSPS) is 27.3. The van der Waals surface area contributed by atoms with E-state index >= 15 is 0 Å². The monoisotopic (exact) mass is 715 g/mol. The predicted octanol–water partition coefficient (Wildman–Crippen LogP) is 5.23. The molecule has 5 aliphatic rings. The topological polar surface area (TPSA) is 139 Å². The Hall–Kier alpha value is -4.94. The van der Waals surface area contributed by atoms with Gasteiger partial charge in [-0.2, -0.15) is 15.0 Å². The van der Waals surface area contributed by atoms with E-state index in [0.29, 0.717) is 60.2 Å². The van der Waals surface area contributed by atoms with Gasteiger partial charge in [-0.3, -0.25) is 14.4 Å². The number of methoxy groups -OCH3 is 1. The third-order valence-corrected chi connectivity index (χ3v) is 11.9. The molecule has 1 amide bonds. The number of ether oxygens (including phenoxy) is 3. The summed E-state index contributed by atoms with van der Waals surface area (Å²) >= 11 is 0. The van der Waals surface area contributed by atoms with E-state index in [4.69, 9.17) is 35.6 Å². The molecule has 5 atom stereocenters. The molecule has 4 aromatic rings. The van der Waals surface area contributed by atoms with Gasteiger partial charge in [-0.1, -0.05) is 12.0 Å². The quantitative estimate of drug-likeness (QED) is 0.232. The van der Waals surface area contributed by atoms with Gasteiger partial charge in [-0.05, 0) is 62.6 Å². The summed E-state index contributed by atoms with van der Waals surface area (Å²) in [6.45, 7) is 2.07. The summed E-state index contributed by atoms with van der Waals surface area (Å²) in [5.41, 5.74) is 0.441. The Morgan fingerprint density at radius 3 is 2.73 bits per heavy atom. The summed E-state index contributed by atoms with van der Waals surface area (Å²) in [4.78, 5) is 32.7. The predicted molar refractivity (Wildman–Crippen MR) is 185 cm³/mol. The van der Waals surface area contributed by atoms with Crippen molar-refractivity contribution < 1.29 is 38.0 Å². The van der Waals surface area contributed by atoms with Crippen LogP contribution in [0.15, 0.2) is 24.3 Å². The molecule has 13 nitrogen and oxygen atoms in total. The number of imidazole rings is 1. The van der Waals surface area contributed by atoms with Crippen molar-refractivity contribution in [2.45, 2.75) is 80.9 Å². The van der Waals surface area contributed by atoms with Crippen molar-refractivity contribution in [2.75, 3.05) is 44.8 Å². The van der Waals surface area contributed by atoms with Crippen LogP contribution in [0.3, 0.4) is 0 Å². The molecule has 52 heavy (non-hydrogen) atoms. The molecule has 272 valence electrons. The lowest BCUT2D eigenvalue weighted by molar-refractivity contribution is 0.0596. The molecule has 0 radical (unpaired) electrons. The van der Waals surface area contributed by atoms with Crippen LogP contribution in [0.5, 0.6) is 23.5 Å². The Labute approximate surface area is 298 Å². The molecule has 1 aliphatic carbocycles. The molecule has 0 unspecified atom stereocenters. The fraction of sp³-hybridized carbons (Fsp3) is 0.514. The van der Waals surface area contributed by atoms with Gasteiger partial charge in [0.25, 0.3) is 0 Å². The SMILES string of the molecule is C#Cc1c(F)ccc2cc(O)cc(Oc3nc4nc(OC[C@@]56CCCN5C[C@H](F)C6)nc(N5C[C@H]6C[C@@H](OC)[C@@H](C5)N6C(=O)O)c4n3C3CCC3)c12. The minimum atomic E-state index is -0.995. The fourth-order valence-electron chi connectivity index (χ4n) is 9.28. The Balaban J connectivity index is 1.18. The van der Waals surface area contributed by atoms with E-state index in [2.05, 4.69) is 10.8 Å². The van der Waals surface area contributed by atoms with E-state index in [1.807, 2.05) is 9.47 Å². The number of phenolic OH excluding ortho intramolecular Hbond substituents is 1. The lowest BCUT2D eigenvalue weighted by atomic mass is 9.93. The Bertz CT molecular complexity index is 2140. The van der Waals surface area contributed by atoms with E-state index < -0.39 is 29.7 Å². The molecule has 6 heterocycles. The van der Waals surface area contributed by atoms with Gasteiger partial charge in [0.2, 0.25) is 0 Å². The molecular weight excluding hydrogens is 676 g/mol. The number of piperazine rings is 1. The Morgan fingerprint density at radius 1 is 1.13 bits per heavy atom. The number of benzene rings is 2. The van der Waals surface area contributed by atoms with Gasteiger partial charge in [0, 0.05) is 50.7 Å². The molecular formula is C37H39F2N7O6. The molecule has 4 aliphatic heterocycles. The molecule has 2 aromatic heterocycles. The van der Waals surface area contributed by atoms with Crippen LogP contribution in [0.1, 0.15) is 56.6 Å². The number of anilines is 1. The summed E-state index contributed by atoms with van der Waals surface area (Å²) in [6, 6.07) is 5.08. The van der Waals surface area contributed by atoms with Gasteiger partial charge in [0.1, 0.15) is 35.6 Å². The third kappa shape index (κ3) is 5.17. The van der Waals surface area contributed by atoms with Crippen molar-refractivity contribution in [2.24, 2.45) is 0 Å². The summed E-state index contributed by atoms with van der Waals surface area (Å²) in [6.07, 6.45) is 8.88. The number of hydrogen-bond acceptors (Lipinski definition) is 10.